The fourth-order valence-electron chi connectivity index (χ4n) is 9.59. The molecule has 6 heteroatoms. The first-order valence-electron chi connectivity index (χ1n) is 32.8. The summed E-state index contributed by atoms with van der Waals surface area (Å²) in [6.45, 7) is 6.49. The second-order valence-electron chi connectivity index (χ2n) is 22.0. The molecule has 0 bridgehead atoms. The van der Waals surface area contributed by atoms with E-state index in [9.17, 15) is 14.4 Å². The highest BCUT2D eigenvalue weighted by atomic mass is 16.6. The Morgan fingerprint density at radius 2 is 0.533 bits per heavy atom. The molecule has 0 spiro atoms. The van der Waals surface area contributed by atoms with E-state index in [1.54, 1.807) is 0 Å². The molecule has 0 saturated carbocycles. The van der Waals surface area contributed by atoms with Gasteiger partial charge in [0.05, 0.1) is 0 Å². The lowest BCUT2D eigenvalue weighted by Crippen LogP contribution is -2.30. The van der Waals surface area contributed by atoms with Gasteiger partial charge in [0.15, 0.2) is 6.10 Å². The standard InChI is InChI=1S/C69H124O6/c1-4-7-10-13-16-19-22-25-27-28-29-30-31-32-33-34-35-36-37-38-39-40-41-42-45-47-50-53-56-59-62-68(71)74-65-66(64-73-67(70)61-58-55-52-49-46-43-24-21-18-15-12-9-6-3)75-69(72)63-60-57-54-51-48-44-26-23-20-17-14-11-8-5-2/h9,12,14,17-18,21,23,26,43,46,66H,4-8,10-11,13,15-16,19-20,22,24-25,27-42,44-45,47-65H2,1-3H3/b12-9-,17-14-,21-18-,26-23-,46-43-. The van der Waals surface area contributed by atoms with Crippen LogP contribution in [0.15, 0.2) is 60.8 Å². The molecule has 0 fully saturated rings. The largest absolute Gasteiger partial charge is 0.462 e. The number of rotatable bonds is 60. The predicted molar refractivity (Wildman–Crippen MR) is 325 cm³/mol. The van der Waals surface area contributed by atoms with E-state index >= 15 is 0 Å². The summed E-state index contributed by atoms with van der Waals surface area (Å²) in [6.07, 6.45) is 81.2. The number of esters is 3. The zero-order valence-corrected chi connectivity index (χ0v) is 50.1. The fourth-order valence-corrected chi connectivity index (χ4v) is 9.59. The number of ether oxygens (including phenoxy) is 3. The lowest BCUT2D eigenvalue weighted by molar-refractivity contribution is -0.167. The van der Waals surface area contributed by atoms with Crippen LogP contribution in [-0.4, -0.2) is 37.2 Å². The van der Waals surface area contributed by atoms with Gasteiger partial charge in [-0.25, -0.2) is 0 Å². The van der Waals surface area contributed by atoms with Crippen molar-refractivity contribution in [2.24, 2.45) is 0 Å². The highest BCUT2D eigenvalue weighted by Gasteiger charge is 2.19. The molecule has 0 rings (SSSR count). The molecule has 0 aromatic heterocycles. The van der Waals surface area contributed by atoms with E-state index in [0.29, 0.717) is 19.3 Å². The molecule has 0 amide bonds. The Balaban J connectivity index is 4.14. The third kappa shape index (κ3) is 61.8. The summed E-state index contributed by atoms with van der Waals surface area (Å²) < 4.78 is 16.9. The van der Waals surface area contributed by atoms with E-state index < -0.39 is 6.10 Å². The van der Waals surface area contributed by atoms with Crippen LogP contribution in [0.2, 0.25) is 0 Å². The Kier molecular flexibility index (Phi) is 61.2. The molecule has 0 aromatic rings. The number of carbonyl (C=O) groups is 3. The van der Waals surface area contributed by atoms with Crippen LogP contribution in [0.4, 0.5) is 0 Å². The van der Waals surface area contributed by atoms with Gasteiger partial charge in [0.1, 0.15) is 13.2 Å². The van der Waals surface area contributed by atoms with E-state index in [4.69, 9.17) is 14.2 Å². The number of hydrogen-bond acceptors (Lipinski definition) is 6. The smallest absolute Gasteiger partial charge is 0.306 e. The molecule has 0 saturated heterocycles. The zero-order chi connectivity index (χ0) is 54.3. The van der Waals surface area contributed by atoms with Crippen LogP contribution in [0.25, 0.3) is 0 Å². The molecule has 436 valence electrons. The van der Waals surface area contributed by atoms with Crippen LogP contribution in [-0.2, 0) is 28.6 Å². The highest BCUT2D eigenvalue weighted by molar-refractivity contribution is 5.71. The second-order valence-corrected chi connectivity index (χ2v) is 22.0. The third-order valence-corrected chi connectivity index (χ3v) is 14.5. The summed E-state index contributed by atoms with van der Waals surface area (Å²) in [5.74, 6) is -0.917. The predicted octanol–water partition coefficient (Wildman–Crippen LogP) is 22.3. The number of unbranched alkanes of at least 4 members (excludes halogenated alkanes) is 39. The molecule has 0 radical (unpaired) electrons. The van der Waals surface area contributed by atoms with E-state index in [1.165, 1.54) is 193 Å². The van der Waals surface area contributed by atoms with E-state index in [2.05, 4.69) is 81.5 Å². The van der Waals surface area contributed by atoms with E-state index in [0.717, 1.165) is 109 Å². The van der Waals surface area contributed by atoms with Crippen LogP contribution >= 0.6 is 0 Å². The molecule has 0 aromatic carbocycles. The van der Waals surface area contributed by atoms with Crippen molar-refractivity contribution in [2.75, 3.05) is 13.2 Å². The molecule has 0 N–H and O–H groups in total. The Morgan fingerprint density at radius 3 is 0.867 bits per heavy atom. The van der Waals surface area contributed by atoms with Crippen LogP contribution in [0.3, 0.4) is 0 Å². The van der Waals surface area contributed by atoms with Gasteiger partial charge in [0.2, 0.25) is 0 Å². The molecular formula is C69H124O6. The maximum Gasteiger partial charge on any atom is 0.306 e. The summed E-state index contributed by atoms with van der Waals surface area (Å²) >= 11 is 0. The number of carbonyl (C=O) groups excluding carboxylic acids is 3. The summed E-state index contributed by atoms with van der Waals surface area (Å²) in [5, 5.41) is 0. The summed E-state index contributed by atoms with van der Waals surface area (Å²) in [5.41, 5.74) is 0. The molecule has 0 aliphatic carbocycles. The van der Waals surface area contributed by atoms with Crippen LogP contribution < -0.4 is 0 Å². The Bertz CT molecular complexity index is 1340. The van der Waals surface area contributed by atoms with Gasteiger partial charge >= 0.3 is 17.9 Å². The Morgan fingerprint density at radius 1 is 0.280 bits per heavy atom. The van der Waals surface area contributed by atoms with Crippen LogP contribution in [0.5, 0.6) is 0 Å². The summed E-state index contributed by atoms with van der Waals surface area (Å²) in [7, 11) is 0. The van der Waals surface area contributed by atoms with Gasteiger partial charge in [0.25, 0.3) is 0 Å². The monoisotopic (exact) mass is 1050 g/mol. The van der Waals surface area contributed by atoms with Gasteiger partial charge in [-0.15, -0.1) is 0 Å². The first-order valence-corrected chi connectivity index (χ1v) is 32.8. The quantitative estimate of drug-likeness (QED) is 0.0261. The van der Waals surface area contributed by atoms with Crippen molar-refractivity contribution in [1.29, 1.82) is 0 Å². The maximum absolute atomic E-state index is 12.9. The Hall–Kier alpha value is -2.89. The van der Waals surface area contributed by atoms with Crippen molar-refractivity contribution < 1.29 is 28.6 Å². The molecule has 6 nitrogen and oxygen atoms in total. The SMILES string of the molecule is CC/C=C\C/C=C\C/C=C\CCCCCC(=O)OCC(COC(=O)CCCCCCCCCCCCCCCCCCCCCCCCCCCCCCCC)OC(=O)CCCCCCC/C=C\C/C=C\CCCC. The van der Waals surface area contributed by atoms with Gasteiger partial charge in [-0.05, 0) is 77.0 Å². The molecule has 1 atom stereocenters. The van der Waals surface area contributed by atoms with Crippen molar-refractivity contribution in [3.63, 3.8) is 0 Å². The summed E-state index contributed by atoms with van der Waals surface area (Å²) in [4.78, 5) is 38.2. The van der Waals surface area contributed by atoms with Gasteiger partial charge in [-0.1, -0.05) is 306 Å². The average Bonchev–Trinajstić information content (AvgIpc) is 3.41. The third-order valence-electron chi connectivity index (χ3n) is 14.5. The fraction of sp³-hybridized carbons (Fsp3) is 0.812. The maximum atomic E-state index is 12.9. The first kappa shape index (κ1) is 72.1. The lowest BCUT2D eigenvalue weighted by Gasteiger charge is -2.18. The molecule has 75 heavy (non-hydrogen) atoms. The van der Waals surface area contributed by atoms with E-state index in [-0.39, 0.29) is 31.1 Å². The van der Waals surface area contributed by atoms with Crippen LogP contribution in [0, 0.1) is 0 Å². The minimum absolute atomic E-state index is 0.0869. The van der Waals surface area contributed by atoms with E-state index in [1.807, 2.05) is 0 Å². The lowest BCUT2D eigenvalue weighted by atomic mass is 10.0. The molecule has 1 unspecified atom stereocenters. The van der Waals surface area contributed by atoms with Gasteiger partial charge in [0, 0.05) is 19.3 Å². The van der Waals surface area contributed by atoms with Gasteiger partial charge in [-0.2, -0.15) is 0 Å². The van der Waals surface area contributed by atoms with Crippen LogP contribution in [0.1, 0.15) is 342 Å². The zero-order valence-electron chi connectivity index (χ0n) is 50.1. The molecule has 0 aliphatic heterocycles. The number of hydrogen-bond donors (Lipinski definition) is 0. The van der Waals surface area contributed by atoms with Crippen molar-refractivity contribution in [2.45, 2.75) is 348 Å². The second kappa shape index (κ2) is 63.6. The van der Waals surface area contributed by atoms with Crippen molar-refractivity contribution in [3.05, 3.63) is 60.8 Å². The minimum Gasteiger partial charge on any atom is -0.462 e. The minimum atomic E-state index is -0.793. The number of allylic oxidation sites excluding steroid dienone is 10. The van der Waals surface area contributed by atoms with Crippen molar-refractivity contribution in [3.8, 4) is 0 Å². The summed E-state index contributed by atoms with van der Waals surface area (Å²) in [6, 6.07) is 0. The molecule has 0 heterocycles. The molecule has 0 aliphatic rings. The van der Waals surface area contributed by atoms with Crippen molar-refractivity contribution in [1.82, 2.24) is 0 Å². The average molecular weight is 1050 g/mol. The Labute approximate surface area is 466 Å². The van der Waals surface area contributed by atoms with Gasteiger partial charge < -0.3 is 14.2 Å². The molecular weight excluding hydrogens is 925 g/mol. The highest BCUT2D eigenvalue weighted by Crippen LogP contribution is 2.18. The topological polar surface area (TPSA) is 78.9 Å². The van der Waals surface area contributed by atoms with Gasteiger partial charge in [-0.3, -0.25) is 14.4 Å². The first-order chi connectivity index (χ1) is 37.0. The normalized spacial score (nSPS) is 12.4. The van der Waals surface area contributed by atoms with Crippen molar-refractivity contribution >= 4 is 17.9 Å².